The van der Waals surface area contributed by atoms with Crippen LogP contribution in [0.4, 0.5) is 0 Å². The van der Waals surface area contributed by atoms with E-state index in [4.69, 9.17) is 11.6 Å². The van der Waals surface area contributed by atoms with Crippen molar-refractivity contribution < 1.29 is 9.59 Å². The summed E-state index contributed by atoms with van der Waals surface area (Å²) in [5.74, 6) is -0.702. The molecule has 0 saturated heterocycles. The van der Waals surface area contributed by atoms with Crippen molar-refractivity contribution >= 4 is 23.3 Å². The van der Waals surface area contributed by atoms with Crippen LogP contribution < -0.4 is 5.32 Å². The molecule has 3 nitrogen and oxygen atoms in total. The van der Waals surface area contributed by atoms with Gasteiger partial charge in [0, 0.05) is 28.6 Å². The number of halogens is 1. The second kappa shape index (κ2) is 15.1. The van der Waals surface area contributed by atoms with Crippen LogP contribution in [-0.2, 0) is 9.59 Å². The normalized spacial score (nSPS) is 14.6. The highest BCUT2D eigenvalue weighted by atomic mass is 35.5. The molecule has 0 spiro atoms. The van der Waals surface area contributed by atoms with Gasteiger partial charge in [0.25, 0.3) is 0 Å². The summed E-state index contributed by atoms with van der Waals surface area (Å²) in [5, 5.41) is 3.60. The van der Waals surface area contributed by atoms with E-state index in [1.807, 2.05) is 83.2 Å². The molecule has 1 rings (SSSR count). The number of nitrogens with one attached hydrogen (secondary N) is 1. The molecule has 34 heavy (non-hydrogen) atoms. The van der Waals surface area contributed by atoms with E-state index in [0.29, 0.717) is 29.1 Å². The van der Waals surface area contributed by atoms with Gasteiger partial charge in [-0.25, -0.2) is 0 Å². The molecule has 4 heteroatoms. The van der Waals surface area contributed by atoms with Gasteiger partial charge in [-0.2, -0.15) is 0 Å². The quantitative estimate of drug-likeness (QED) is 0.245. The molecule has 0 heterocycles. The first-order valence-electron chi connectivity index (χ1n) is 11.8. The summed E-state index contributed by atoms with van der Waals surface area (Å²) in [6.07, 6.45) is 12.8. The third-order valence-electron chi connectivity index (χ3n) is 5.81. The Balaban J connectivity index is 3.49. The van der Waals surface area contributed by atoms with Crippen LogP contribution in [0.5, 0.6) is 0 Å². The van der Waals surface area contributed by atoms with Crippen molar-refractivity contribution in [1.29, 1.82) is 0 Å². The summed E-state index contributed by atoms with van der Waals surface area (Å²) in [6.45, 7) is 15.5. The highest BCUT2D eigenvalue weighted by Crippen LogP contribution is 2.38. The number of carbonyl (C=O) groups is 2. The molecular weight excluding hydrogens is 442 g/mol. The number of allylic oxidation sites excluding steroid dienone is 9. The topological polar surface area (TPSA) is 46.2 Å². The Kier molecular flexibility index (Phi) is 12.9. The minimum absolute atomic E-state index is 0.0369. The molecular formula is C30H38ClNO2. The van der Waals surface area contributed by atoms with Gasteiger partial charge in [-0.05, 0) is 63.8 Å². The lowest BCUT2D eigenvalue weighted by Crippen LogP contribution is -2.30. The van der Waals surface area contributed by atoms with Crippen molar-refractivity contribution in [2.24, 2.45) is 0 Å². The van der Waals surface area contributed by atoms with Crippen LogP contribution in [0.25, 0.3) is 0 Å². The molecule has 0 saturated carbocycles. The maximum absolute atomic E-state index is 13.6. The van der Waals surface area contributed by atoms with E-state index in [1.54, 1.807) is 19.1 Å². The number of hydrogen-bond acceptors (Lipinski definition) is 2. The van der Waals surface area contributed by atoms with Crippen LogP contribution >= 0.6 is 11.6 Å². The molecule has 0 aliphatic rings. The van der Waals surface area contributed by atoms with Crippen LogP contribution in [0.15, 0.2) is 95.2 Å². The molecule has 0 aliphatic heterocycles. The fourth-order valence-corrected chi connectivity index (χ4v) is 3.93. The van der Waals surface area contributed by atoms with Crippen LogP contribution in [0.3, 0.4) is 0 Å². The Morgan fingerprint density at radius 1 is 1.06 bits per heavy atom. The van der Waals surface area contributed by atoms with E-state index < -0.39 is 5.92 Å². The molecule has 0 radical (unpaired) electrons. The number of rotatable bonds is 12. The van der Waals surface area contributed by atoms with E-state index >= 15 is 0 Å². The Morgan fingerprint density at radius 2 is 1.71 bits per heavy atom. The van der Waals surface area contributed by atoms with Crippen molar-refractivity contribution in [1.82, 2.24) is 5.32 Å². The van der Waals surface area contributed by atoms with Gasteiger partial charge in [0.15, 0.2) is 5.78 Å². The lowest BCUT2D eigenvalue weighted by Gasteiger charge is -2.26. The van der Waals surface area contributed by atoms with Crippen molar-refractivity contribution in [2.75, 3.05) is 6.54 Å². The molecule has 1 unspecified atom stereocenters. The summed E-state index contributed by atoms with van der Waals surface area (Å²) in [5.41, 5.74) is 5.03. The molecule has 1 aromatic carbocycles. The van der Waals surface area contributed by atoms with Crippen molar-refractivity contribution in [2.45, 2.75) is 60.3 Å². The SMILES string of the molecule is C=C\C=C/C(/C=C/CNC(=O)/C(=C(/C)CC)C(/C(C(C)=O)=C(\C)CC)c1cccc(Cl)c1)=C\C. The summed E-state index contributed by atoms with van der Waals surface area (Å²) in [4.78, 5) is 26.4. The van der Waals surface area contributed by atoms with Gasteiger partial charge in [0.1, 0.15) is 0 Å². The highest BCUT2D eigenvalue weighted by Gasteiger charge is 2.31. The molecule has 0 fully saturated rings. The van der Waals surface area contributed by atoms with Crippen LogP contribution in [-0.4, -0.2) is 18.2 Å². The average Bonchev–Trinajstić information content (AvgIpc) is 2.82. The second-order valence-electron chi connectivity index (χ2n) is 8.14. The predicted octanol–water partition coefficient (Wildman–Crippen LogP) is 7.83. The Hall–Kier alpha value is -2.91. The molecule has 1 atom stereocenters. The molecule has 0 aromatic heterocycles. The Labute approximate surface area is 210 Å². The van der Waals surface area contributed by atoms with Gasteiger partial charge >= 0.3 is 0 Å². The first-order chi connectivity index (χ1) is 16.2. The number of hydrogen-bond donors (Lipinski definition) is 1. The summed E-state index contributed by atoms with van der Waals surface area (Å²) >= 11 is 6.32. The third kappa shape index (κ3) is 8.46. The molecule has 0 bridgehead atoms. The lowest BCUT2D eigenvalue weighted by atomic mass is 9.78. The van der Waals surface area contributed by atoms with Crippen molar-refractivity contribution in [3.8, 4) is 0 Å². The monoisotopic (exact) mass is 479 g/mol. The predicted molar refractivity (Wildman–Crippen MR) is 146 cm³/mol. The van der Waals surface area contributed by atoms with Gasteiger partial charge in [-0.1, -0.05) is 91.8 Å². The van der Waals surface area contributed by atoms with E-state index in [0.717, 1.165) is 28.7 Å². The van der Waals surface area contributed by atoms with Crippen molar-refractivity contribution in [3.63, 3.8) is 0 Å². The van der Waals surface area contributed by atoms with E-state index in [2.05, 4.69) is 11.9 Å². The molecule has 1 aromatic rings. The van der Waals surface area contributed by atoms with Crippen LogP contribution in [0, 0.1) is 0 Å². The standard InChI is InChI=1S/C30H38ClNO2/c1-8-12-15-24(11-4)16-14-19-32-30(34)28(22(6)10-3)29(25-17-13-18-26(31)20-25)27(23(7)33)21(5)9-2/h8,11-18,20,29H,1,9-10,19H2,2-7H3,(H,32,34)/b15-12-,16-14+,24-11+,27-21+,28-22-. The molecule has 182 valence electrons. The summed E-state index contributed by atoms with van der Waals surface area (Å²) in [7, 11) is 0. The number of ketones is 1. The maximum Gasteiger partial charge on any atom is 0.248 e. The summed E-state index contributed by atoms with van der Waals surface area (Å²) < 4.78 is 0. The largest absolute Gasteiger partial charge is 0.349 e. The Morgan fingerprint density at radius 3 is 2.24 bits per heavy atom. The minimum atomic E-state index is -0.485. The number of carbonyl (C=O) groups excluding carboxylic acids is 2. The van der Waals surface area contributed by atoms with E-state index in [1.165, 1.54) is 0 Å². The first kappa shape index (κ1) is 29.1. The highest BCUT2D eigenvalue weighted by molar-refractivity contribution is 6.30. The van der Waals surface area contributed by atoms with Gasteiger partial charge in [-0.3, -0.25) is 9.59 Å². The van der Waals surface area contributed by atoms with E-state index in [9.17, 15) is 9.59 Å². The maximum atomic E-state index is 13.6. The van der Waals surface area contributed by atoms with Gasteiger partial charge in [0.05, 0.1) is 0 Å². The first-order valence-corrected chi connectivity index (χ1v) is 12.1. The third-order valence-corrected chi connectivity index (χ3v) is 6.05. The fourth-order valence-electron chi connectivity index (χ4n) is 3.74. The van der Waals surface area contributed by atoms with Crippen LogP contribution in [0.2, 0.25) is 5.02 Å². The molecule has 1 amide bonds. The smallest absolute Gasteiger partial charge is 0.248 e. The second-order valence-corrected chi connectivity index (χ2v) is 8.57. The van der Waals surface area contributed by atoms with Crippen molar-refractivity contribution in [3.05, 3.63) is 106 Å². The number of amides is 1. The van der Waals surface area contributed by atoms with Gasteiger partial charge < -0.3 is 5.32 Å². The zero-order valence-corrected chi connectivity index (χ0v) is 22.1. The molecule has 1 N–H and O–H groups in total. The van der Waals surface area contributed by atoms with Crippen LogP contribution in [0.1, 0.15) is 65.9 Å². The minimum Gasteiger partial charge on any atom is -0.349 e. The molecule has 0 aliphatic carbocycles. The lowest BCUT2D eigenvalue weighted by molar-refractivity contribution is -0.117. The fraction of sp³-hybridized carbons (Fsp3) is 0.333. The Bertz CT molecular complexity index is 1040. The zero-order valence-electron chi connectivity index (χ0n) is 21.4. The number of benzene rings is 1. The van der Waals surface area contributed by atoms with E-state index in [-0.39, 0.29) is 11.7 Å². The zero-order chi connectivity index (χ0) is 25.7. The van der Waals surface area contributed by atoms with Gasteiger partial charge in [0.2, 0.25) is 5.91 Å². The average molecular weight is 480 g/mol. The summed E-state index contributed by atoms with van der Waals surface area (Å²) in [6, 6.07) is 7.44. The number of Topliss-reactive ketones (excluding diaryl/α,β-unsaturated/α-hetero) is 1. The van der Waals surface area contributed by atoms with Gasteiger partial charge in [-0.15, -0.1) is 0 Å².